The van der Waals surface area contributed by atoms with Gasteiger partial charge in [0.1, 0.15) is 0 Å². The molecule has 1 aliphatic rings. The van der Waals surface area contributed by atoms with Crippen molar-refractivity contribution in [2.24, 2.45) is 11.8 Å². The highest BCUT2D eigenvalue weighted by Crippen LogP contribution is 2.35. The average Bonchev–Trinajstić information content (AvgIpc) is 2.53. The van der Waals surface area contributed by atoms with Gasteiger partial charge in [-0.1, -0.05) is 82.7 Å². The zero-order valence-corrected chi connectivity index (χ0v) is 15.0. The first-order valence-corrected chi connectivity index (χ1v) is 9.13. The lowest BCUT2D eigenvalue weighted by molar-refractivity contribution is 0.562. The molecule has 0 aliphatic heterocycles. The zero-order valence-electron chi connectivity index (χ0n) is 15.0. The van der Waals surface area contributed by atoms with Crippen LogP contribution in [-0.2, 0) is 0 Å². The highest BCUT2D eigenvalue weighted by molar-refractivity contribution is 5.41. The molecule has 1 aliphatic carbocycles. The summed E-state index contributed by atoms with van der Waals surface area (Å²) >= 11 is 0. The summed E-state index contributed by atoms with van der Waals surface area (Å²) in [6.07, 6.45) is 25.5. The van der Waals surface area contributed by atoms with Crippen LogP contribution in [0.5, 0.6) is 0 Å². The SMILES string of the molecule is CCC=CCC1CC=CC=C1/C(=C/C=C\CC)C(C)CCC. The van der Waals surface area contributed by atoms with E-state index in [0.29, 0.717) is 11.8 Å². The number of hydrogen-bond donors (Lipinski definition) is 0. The maximum absolute atomic E-state index is 2.38. The van der Waals surface area contributed by atoms with Crippen LogP contribution in [0, 0.1) is 11.8 Å². The lowest BCUT2D eigenvalue weighted by Gasteiger charge is -2.26. The summed E-state index contributed by atoms with van der Waals surface area (Å²) in [6.45, 7) is 9.07. The highest BCUT2D eigenvalue weighted by Gasteiger charge is 2.20. The van der Waals surface area contributed by atoms with Crippen LogP contribution in [0.4, 0.5) is 0 Å². The fraction of sp³-hybridized carbons (Fsp3) is 0.545. The molecule has 2 unspecified atom stereocenters. The van der Waals surface area contributed by atoms with Gasteiger partial charge in [-0.15, -0.1) is 0 Å². The van der Waals surface area contributed by atoms with Crippen molar-refractivity contribution in [3.63, 3.8) is 0 Å². The number of rotatable bonds is 9. The third kappa shape index (κ3) is 6.22. The molecule has 0 aromatic heterocycles. The second-order valence-electron chi connectivity index (χ2n) is 6.25. The molecule has 122 valence electrons. The van der Waals surface area contributed by atoms with Crippen molar-refractivity contribution >= 4 is 0 Å². The van der Waals surface area contributed by atoms with Crippen molar-refractivity contribution in [3.05, 3.63) is 59.8 Å². The second kappa shape index (κ2) is 11.3. The predicted molar refractivity (Wildman–Crippen MR) is 101 cm³/mol. The molecule has 0 heterocycles. The Morgan fingerprint density at radius 1 is 1.18 bits per heavy atom. The molecule has 0 amide bonds. The summed E-state index contributed by atoms with van der Waals surface area (Å²) in [5, 5.41) is 0. The second-order valence-corrected chi connectivity index (χ2v) is 6.25. The van der Waals surface area contributed by atoms with E-state index in [4.69, 9.17) is 0 Å². The number of hydrogen-bond acceptors (Lipinski definition) is 0. The van der Waals surface area contributed by atoms with Crippen molar-refractivity contribution in [3.8, 4) is 0 Å². The third-order valence-corrected chi connectivity index (χ3v) is 4.33. The normalized spacial score (nSPS) is 20.8. The molecule has 1 rings (SSSR count). The summed E-state index contributed by atoms with van der Waals surface area (Å²) in [6, 6.07) is 0. The molecule has 2 atom stereocenters. The minimum Gasteiger partial charge on any atom is -0.0888 e. The van der Waals surface area contributed by atoms with E-state index in [9.17, 15) is 0 Å². The van der Waals surface area contributed by atoms with E-state index >= 15 is 0 Å². The fourth-order valence-electron chi connectivity index (χ4n) is 3.10. The lowest BCUT2D eigenvalue weighted by atomic mass is 9.78. The molecule has 0 aromatic rings. The smallest absolute Gasteiger partial charge is 0.00899 e. The highest BCUT2D eigenvalue weighted by atomic mass is 14.2. The molecule has 22 heavy (non-hydrogen) atoms. The van der Waals surface area contributed by atoms with E-state index in [-0.39, 0.29) is 0 Å². The molecule has 0 heteroatoms. The van der Waals surface area contributed by atoms with E-state index < -0.39 is 0 Å². The molecule has 0 nitrogen and oxygen atoms in total. The third-order valence-electron chi connectivity index (χ3n) is 4.33. The maximum atomic E-state index is 2.38. The van der Waals surface area contributed by atoms with Crippen LogP contribution >= 0.6 is 0 Å². The number of allylic oxidation sites excluding steroid dienone is 10. The van der Waals surface area contributed by atoms with Crippen LogP contribution in [-0.4, -0.2) is 0 Å². The van der Waals surface area contributed by atoms with Crippen molar-refractivity contribution in [2.75, 3.05) is 0 Å². The van der Waals surface area contributed by atoms with Crippen LogP contribution in [0.2, 0.25) is 0 Å². The van der Waals surface area contributed by atoms with Crippen LogP contribution < -0.4 is 0 Å². The standard InChI is InChI=1S/C22H34/c1-5-8-10-15-20-16-12-13-18-22(20)21(17-11-9-6-2)19(4)14-7-3/h8-13,17-20H,5-7,14-16H2,1-4H3/b10-8?,11-9-,21-17+. The molecule has 0 saturated carbocycles. The van der Waals surface area contributed by atoms with Crippen molar-refractivity contribution in [1.29, 1.82) is 0 Å². The van der Waals surface area contributed by atoms with Crippen LogP contribution in [0.25, 0.3) is 0 Å². The maximum Gasteiger partial charge on any atom is -0.00899 e. The summed E-state index contributed by atoms with van der Waals surface area (Å²) in [5.74, 6) is 1.29. The minimum atomic E-state index is 0.641. The van der Waals surface area contributed by atoms with Gasteiger partial charge in [-0.05, 0) is 55.1 Å². The Morgan fingerprint density at radius 3 is 2.64 bits per heavy atom. The lowest BCUT2D eigenvalue weighted by Crippen LogP contribution is -2.12. The van der Waals surface area contributed by atoms with Gasteiger partial charge in [0.25, 0.3) is 0 Å². The molecular weight excluding hydrogens is 264 g/mol. The van der Waals surface area contributed by atoms with Gasteiger partial charge in [0.05, 0.1) is 0 Å². The van der Waals surface area contributed by atoms with E-state index in [0.717, 1.165) is 19.3 Å². The van der Waals surface area contributed by atoms with Gasteiger partial charge in [-0.2, -0.15) is 0 Å². The van der Waals surface area contributed by atoms with E-state index in [1.165, 1.54) is 19.3 Å². The van der Waals surface area contributed by atoms with Gasteiger partial charge in [0.2, 0.25) is 0 Å². The van der Waals surface area contributed by atoms with Gasteiger partial charge >= 0.3 is 0 Å². The molecule has 0 fully saturated rings. The Labute approximate surface area is 138 Å². The first kappa shape index (κ1) is 18.7. The van der Waals surface area contributed by atoms with Gasteiger partial charge in [0.15, 0.2) is 0 Å². The molecule has 0 bridgehead atoms. The Morgan fingerprint density at radius 2 is 1.95 bits per heavy atom. The van der Waals surface area contributed by atoms with Gasteiger partial charge in [0, 0.05) is 0 Å². The summed E-state index contributed by atoms with van der Waals surface area (Å²) in [5.41, 5.74) is 3.11. The summed E-state index contributed by atoms with van der Waals surface area (Å²) in [4.78, 5) is 0. The minimum absolute atomic E-state index is 0.641. The van der Waals surface area contributed by atoms with E-state index in [2.05, 4.69) is 76.3 Å². The van der Waals surface area contributed by atoms with Gasteiger partial charge < -0.3 is 0 Å². The van der Waals surface area contributed by atoms with Gasteiger partial charge in [-0.25, -0.2) is 0 Å². The summed E-state index contributed by atoms with van der Waals surface area (Å²) in [7, 11) is 0. The monoisotopic (exact) mass is 298 g/mol. The Kier molecular flexibility index (Phi) is 9.62. The largest absolute Gasteiger partial charge is 0.0888 e. The van der Waals surface area contributed by atoms with Gasteiger partial charge in [-0.3, -0.25) is 0 Å². The van der Waals surface area contributed by atoms with Crippen molar-refractivity contribution < 1.29 is 0 Å². The van der Waals surface area contributed by atoms with Crippen LogP contribution in [0.3, 0.4) is 0 Å². The Balaban J connectivity index is 2.99. The molecule has 0 spiro atoms. The van der Waals surface area contributed by atoms with Crippen LogP contribution in [0.1, 0.15) is 66.2 Å². The topological polar surface area (TPSA) is 0 Å². The molecule has 0 aromatic carbocycles. The van der Waals surface area contributed by atoms with Crippen molar-refractivity contribution in [1.82, 2.24) is 0 Å². The first-order chi connectivity index (χ1) is 10.7. The first-order valence-electron chi connectivity index (χ1n) is 9.13. The van der Waals surface area contributed by atoms with E-state index in [1.807, 2.05) is 0 Å². The average molecular weight is 299 g/mol. The van der Waals surface area contributed by atoms with Crippen molar-refractivity contribution in [2.45, 2.75) is 66.2 Å². The molecule has 0 radical (unpaired) electrons. The molecule has 0 saturated heterocycles. The molecule has 0 N–H and O–H groups in total. The zero-order chi connectivity index (χ0) is 16.2. The molecular formula is C22H34. The summed E-state index contributed by atoms with van der Waals surface area (Å²) < 4.78 is 0. The predicted octanol–water partition coefficient (Wildman–Crippen LogP) is 7.17. The van der Waals surface area contributed by atoms with Crippen LogP contribution in [0.15, 0.2) is 59.8 Å². The fourth-order valence-corrected chi connectivity index (χ4v) is 3.10. The van der Waals surface area contributed by atoms with E-state index in [1.54, 1.807) is 11.1 Å². The Hall–Kier alpha value is -1.30. The Bertz CT molecular complexity index is 443. The quantitative estimate of drug-likeness (QED) is 0.312.